The van der Waals surface area contributed by atoms with Gasteiger partial charge in [-0.3, -0.25) is 9.59 Å². The van der Waals surface area contributed by atoms with Crippen LogP contribution >= 0.6 is 0 Å². The minimum atomic E-state index is -0.189. The van der Waals surface area contributed by atoms with Crippen LogP contribution < -0.4 is 0 Å². The van der Waals surface area contributed by atoms with Gasteiger partial charge in [0.25, 0.3) is 0 Å². The monoisotopic (exact) mass is 202 g/mol. The molecule has 3 nitrogen and oxygen atoms in total. The average molecular weight is 202 g/mol. The fraction of sp³-hybridized carbons (Fsp3) is 0.833. The highest BCUT2D eigenvalue weighted by molar-refractivity contribution is 5.98. The van der Waals surface area contributed by atoms with Gasteiger partial charge in [0.05, 0.1) is 11.8 Å². The van der Waals surface area contributed by atoms with E-state index in [2.05, 4.69) is 0 Å². The summed E-state index contributed by atoms with van der Waals surface area (Å²) >= 11 is 0. The Kier molecular flexibility index (Phi) is 0.659. The van der Waals surface area contributed by atoms with E-state index in [0.717, 1.165) is 35.5 Å². The van der Waals surface area contributed by atoms with E-state index in [4.69, 9.17) is 4.74 Å². The Balaban J connectivity index is 1.60. The van der Waals surface area contributed by atoms with Gasteiger partial charge in [-0.2, -0.15) is 0 Å². The number of rotatable bonds is 0. The Morgan fingerprint density at radius 3 is 1.33 bits per heavy atom. The third-order valence-electron chi connectivity index (χ3n) is 6.85. The first-order valence-corrected chi connectivity index (χ1v) is 6.06. The van der Waals surface area contributed by atoms with E-state index >= 15 is 0 Å². The lowest BCUT2D eigenvalue weighted by atomic mass is 9.09. The van der Waals surface area contributed by atoms with Crippen molar-refractivity contribution in [3.8, 4) is 0 Å². The predicted octanol–water partition coefficient (Wildman–Crippen LogP) is 0.300. The molecule has 1 aliphatic heterocycles. The first-order chi connectivity index (χ1) is 7.30. The summed E-state index contributed by atoms with van der Waals surface area (Å²) in [5, 5.41) is 0. The second-order valence-corrected chi connectivity index (χ2v) is 6.41. The van der Waals surface area contributed by atoms with Crippen molar-refractivity contribution >= 4 is 11.9 Å². The summed E-state index contributed by atoms with van der Waals surface area (Å²) in [6.07, 6.45) is 0. The highest BCUT2D eigenvalue weighted by Crippen LogP contribution is 2.93. The maximum atomic E-state index is 11.7. The summed E-state index contributed by atoms with van der Waals surface area (Å²) in [5.74, 6) is 5.99. The summed E-state index contributed by atoms with van der Waals surface area (Å²) in [6, 6.07) is 0. The lowest BCUT2D eigenvalue weighted by Crippen LogP contribution is -2.92. The Morgan fingerprint density at radius 1 is 0.600 bits per heavy atom. The van der Waals surface area contributed by atoms with E-state index in [1.165, 1.54) is 0 Å². The van der Waals surface area contributed by atoms with Crippen LogP contribution in [0, 0.1) is 59.2 Å². The van der Waals surface area contributed by atoms with Crippen LogP contribution in [0.3, 0.4) is 0 Å². The lowest BCUT2D eigenvalue weighted by Gasteiger charge is -2.94. The normalized spacial score (nSPS) is 78.1. The van der Waals surface area contributed by atoms with Crippen LogP contribution in [0.5, 0.6) is 0 Å². The van der Waals surface area contributed by atoms with Crippen molar-refractivity contribution in [1.82, 2.24) is 0 Å². The van der Waals surface area contributed by atoms with Gasteiger partial charge in [0.1, 0.15) is 0 Å². The van der Waals surface area contributed by atoms with Crippen LogP contribution in [-0.4, -0.2) is 11.9 Å². The predicted molar refractivity (Wildman–Crippen MR) is 46.0 cm³/mol. The lowest BCUT2D eigenvalue weighted by molar-refractivity contribution is -0.475. The third-order valence-corrected chi connectivity index (χ3v) is 6.85. The van der Waals surface area contributed by atoms with E-state index in [9.17, 15) is 9.59 Å². The number of cyclic esters (lactones) is 2. The van der Waals surface area contributed by atoms with Gasteiger partial charge in [-0.25, -0.2) is 0 Å². The molecule has 1 saturated heterocycles. The van der Waals surface area contributed by atoms with Gasteiger partial charge in [-0.1, -0.05) is 0 Å². The third kappa shape index (κ3) is 0.362. The molecule has 2 bridgehead atoms. The first kappa shape index (κ1) is 6.66. The van der Waals surface area contributed by atoms with Crippen molar-refractivity contribution in [2.45, 2.75) is 0 Å². The average Bonchev–Trinajstić information content (AvgIpc) is 2.42. The quantitative estimate of drug-likeness (QED) is 0.419. The van der Waals surface area contributed by atoms with Gasteiger partial charge >= 0.3 is 11.9 Å². The molecule has 0 aromatic carbocycles. The molecule has 4 unspecified atom stereocenters. The van der Waals surface area contributed by atoms with Gasteiger partial charge in [-0.15, -0.1) is 0 Å². The Morgan fingerprint density at radius 2 is 0.933 bits per heavy atom. The van der Waals surface area contributed by atoms with Crippen LogP contribution in [0.1, 0.15) is 0 Å². The van der Waals surface area contributed by atoms with Crippen LogP contribution in [-0.2, 0) is 14.3 Å². The maximum absolute atomic E-state index is 11.7. The molecular formula is C12H10O3. The topological polar surface area (TPSA) is 43.4 Å². The van der Waals surface area contributed by atoms with Crippen LogP contribution in [0.4, 0.5) is 0 Å². The van der Waals surface area contributed by atoms with Crippen molar-refractivity contribution < 1.29 is 14.3 Å². The Hall–Kier alpha value is -0.860. The molecule has 76 valence electrons. The summed E-state index contributed by atoms with van der Waals surface area (Å²) in [4.78, 5) is 23.3. The van der Waals surface area contributed by atoms with E-state index in [-0.39, 0.29) is 23.8 Å². The minimum Gasteiger partial charge on any atom is -0.393 e. The number of hydrogen-bond donors (Lipinski definition) is 0. The zero-order chi connectivity index (χ0) is 9.64. The Labute approximate surface area is 86.2 Å². The van der Waals surface area contributed by atoms with Gasteiger partial charge in [0, 0.05) is 0 Å². The molecule has 3 heteroatoms. The van der Waals surface area contributed by atoms with Crippen LogP contribution in [0.15, 0.2) is 0 Å². The van der Waals surface area contributed by atoms with E-state index < -0.39 is 0 Å². The standard InChI is InChI=1S/C12H10O3/c13-11-9-7-3-1-2-5(3)8(6(2)4(1)7)10(9)12(14)15-11/h1-10H/t1?,2?,3-,4-,5-,6+,7?,8?,9+,10+/m0/s1. The second kappa shape index (κ2) is 1.48. The fourth-order valence-corrected chi connectivity index (χ4v) is 6.83. The number of ether oxygens (including phenoxy) is 1. The van der Waals surface area contributed by atoms with Gasteiger partial charge in [0.2, 0.25) is 0 Å². The molecule has 7 fully saturated rings. The summed E-state index contributed by atoms with van der Waals surface area (Å²) in [7, 11) is 0. The van der Waals surface area contributed by atoms with Crippen molar-refractivity contribution in [2.24, 2.45) is 59.2 Å². The highest BCUT2D eigenvalue weighted by Gasteiger charge is 2.93. The molecule has 15 heavy (non-hydrogen) atoms. The number of carbonyl (C=O) groups excluding carboxylic acids is 2. The molecule has 0 spiro atoms. The second-order valence-electron chi connectivity index (χ2n) is 6.41. The molecule has 0 radical (unpaired) electrons. The molecular weight excluding hydrogens is 192 g/mol. The summed E-state index contributed by atoms with van der Waals surface area (Å²) < 4.78 is 4.86. The van der Waals surface area contributed by atoms with Crippen LogP contribution in [0.2, 0.25) is 0 Å². The summed E-state index contributed by atoms with van der Waals surface area (Å²) in [5.41, 5.74) is 0. The molecule has 0 aromatic rings. The number of hydrogen-bond acceptors (Lipinski definition) is 3. The maximum Gasteiger partial charge on any atom is 0.317 e. The molecule has 0 aromatic heterocycles. The number of esters is 2. The molecule has 6 aliphatic carbocycles. The molecule has 10 atom stereocenters. The van der Waals surface area contributed by atoms with E-state index in [1.807, 2.05) is 0 Å². The molecule has 6 saturated carbocycles. The van der Waals surface area contributed by atoms with Crippen LogP contribution in [0.25, 0.3) is 0 Å². The zero-order valence-corrected chi connectivity index (χ0v) is 8.00. The van der Waals surface area contributed by atoms with Crippen molar-refractivity contribution in [1.29, 1.82) is 0 Å². The van der Waals surface area contributed by atoms with Gasteiger partial charge in [-0.05, 0) is 47.3 Å². The van der Waals surface area contributed by atoms with Crippen molar-refractivity contribution in [3.05, 3.63) is 0 Å². The van der Waals surface area contributed by atoms with Crippen molar-refractivity contribution in [2.75, 3.05) is 0 Å². The minimum absolute atomic E-state index is 0.0116. The zero-order valence-electron chi connectivity index (χ0n) is 8.00. The first-order valence-electron chi connectivity index (χ1n) is 6.06. The fourth-order valence-electron chi connectivity index (χ4n) is 6.83. The van der Waals surface area contributed by atoms with E-state index in [0.29, 0.717) is 11.8 Å². The Bertz CT molecular complexity index is 407. The molecule has 7 aliphatic rings. The number of carbonyl (C=O) groups is 2. The molecule has 0 amide bonds. The van der Waals surface area contributed by atoms with Gasteiger partial charge in [0.15, 0.2) is 0 Å². The molecule has 1 heterocycles. The highest BCUT2D eigenvalue weighted by atomic mass is 16.6. The SMILES string of the molecule is O=C1OC(=O)[C@@H]2C3[C@H]4C5C6[C@@H]4C([C@@H]6[C@@H]53)[C@@H]12. The van der Waals surface area contributed by atoms with E-state index in [1.54, 1.807) is 0 Å². The molecule has 7 rings (SSSR count). The smallest absolute Gasteiger partial charge is 0.317 e. The largest absolute Gasteiger partial charge is 0.393 e. The summed E-state index contributed by atoms with van der Waals surface area (Å²) in [6.45, 7) is 0. The molecule has 0 N–H and O–H groups in total. The van der Waals surface area contributed by atoms with Gasteiger partial charge < -0.3 is 4.74 Å². The van der Waals surface area contributed by atoms with Crippen molar-refractivity contribution in [3.63, 3.8) is 0 Å².